The Hall–Kier alpha value is -2.11. The average Bonchev–Trinajstić information content (AvgIpc) is 2.91. The van der Waals surface area contributed by atoms with E-state index in [-0.39, 0.29) is 5.91 Å². The summed E-state index contributed by atoms with van der Waals surface area (Å²) in [6, 6.07) is 13.7. The number of hydrogen-bond donors (Lipinski definition) is 1. The number of amides is 1. The Balaban J connectivity index is 1.75. The highest BCUT2D eigenvalue weighted by atomic mass is 79.9. The third kappa shape index (κ3) is 4.11. The molecule has 0 radical (unpaired) electrons. The van der Waals surface area contributed by atoms with Gasteiger partial charge in [-0.05, 0) is 63.3 Å². The van der Waals surface area contributed by atoms with E-state index >= 15 is 0 Å². The molecule has 0 aliphatic carbocycles. The minimum atomic E-state index is -0.231. The summed E-state index contributed by atoms with van der Waals surface area (Å²) in [6.45, 7) is 2.90. The lowest BCUT2D eigenvalue weighted by Crippen LogP contribution is -2.15. The van der Waals surface area contributed by atoms with Crippen LogP contribution in [0.25, 0.3) is 11.0 Å². The molecular formula is C20H21BrN2O2. The summed E-state index contributed by atoms with van der Waals surface area (Å²) < 4.78 is 6.70. The molecule has 0 aliphatic heterocycles. The maximum absolute atomic E-state index is 12.6. The van der Waals surface area contributed by atoms with E-state index in [1.807, 2.05) is 49.4 Å². The van der Waals surface area contributed by atoms with Crippen LogP contribution in [0.5, 0.6) is 0 Å². The summed E-state index contributed by atoms with van der Waals surface area (Å²) in [5.41, 5.74) is 3.57. The van der Waals surface area contributed by atoms with Crippen molar-refractivity contribution in [3.8, 4) is 0 Å². The number of fused-ring (bicyclic) bond motifs is 1. The Morgan fingerprint density at radius 3 is 2.56 bits per heavy atom. The molecule has 1 amide bonds. The van der Waals surface area contributed by atoms with E-state index in [4.69, 9.17) is 4.42 Å². The maximum atomic E-state index is 12.6. The van der Waals surface area contributed by atoms with E-state index in [1.54, 1.807) is 0 Å². The first-order valence-electron chi connectivity index (χ1n) is 8.17. The second kappa shape index (κ2) is 7.42. The Labute approximate surface area is 155 Å². The van der Waals surface area contributed by atoms with Crippen molar-refractivity contribution >= 4 is 38.5 Å². The predicted octanol–water partition coefficient (Wildman–Crippen LogP) is 4.86. The van der Waals surface area contributed by atoms with Gasteiger partial charge in [0.05, 0.1) is 0 Å². The number of furan rings is 1. The van der Waals surface area contributed by atoms with Crippen molar-refractivity contribution in [1.82, 2.24) is 4.90 Å². The zero-order chi connectivity index (χ0) is 18.0. The lowest BCUT2D eigenvalue weighted by molar-refractivity contribution is 0.0998. The number of halogens is 1. The van der Waals surface area contributed by atoms with Gasteiger partial charge in [-0.15, -0.1) is 0 Å². The van der Waals surface area contributed by atoms with Gasteiger partial charge in [0.1, 0.15) is 5.58 Å². The first-order chi connectivity index (χ1) is 11.9. The van der Waals surface area contributed by atoms with Crippen molar-refractivity contribution < 1.29 is 9.21 Å². The largest absolute Gasteiger partial charge is 0.451 e. The summed E-state index contributed by atoms with van der Waals surface area (Å²) in [4.78, 5) is 14.7. The predicted molar refractivity (Wildman–Crippen MR) is 105 cm³/mol. The molecule has 1 N–H and O–H groups in total. The van der Waals surface area contributed by atoms with Gasteiger partial charge in [-0.3, -0.25) is 4.79 Å². The number of anilines is 1. The first-order valence-corrected chi connectivity index (χ1v) is 8.97. The highest BCUT2D eigenvalue weighted by Crippen LogP contribution is 2.28. The van der Waals surface area contributed by atoms with Crippen LogP contribution in [0, 0.1) is 6.92 Å². The number of rotatable bonds is 5. The quantitative estimate of drug-likeness (QED) is 0.664. The van der Waals surface area contributed by atoms with Gasteiger partial charge in [-0.2, -0.15) is 0 Å². The topological polar surface area (TPSA) is 45.5 Å². The number of nitrogens with zero attached hydrogens (tertiary/aromatic N) is 1. The van der Waals surface area contributed by atoms with Gasteiger partial charge >= 0.3 is 0 Å². The van der Waals surface area contributed by atoms with Gasteiger partial charge in [0.25, 0.3) is 5.91 Å². The molecule has 3 aromatic rings. The third-order valence-electron chi connectivity index (χ3n) is 4.16. The molecular weight excluding hydrogens is 380 g/mol. The fourth-order valence-corrected chi connectivity index (χ4v) is 3.07. The van der Waals surface area contributed by atoms with Crippen LogP contribution in [0.2, 0.25) is 0 Å². The lowest BCUT2D eigenvalue weighted by atomic mass is 10.1. The van der Waals surface area contributed by atoms with Gasteiger partial charge in [-0.25, -0.2) is 0 Å². The minimum Gasteiger partial charge on any atom is -0.451 e. The summed E-state index contributed by atoms with van der Waals surface area (Å²) in [5, 5.41) is 3.85. The standard InChI is InChI=1S/C20H21BrN2O2/c1-13-17-12-15(21)6-9-18(17)25-19(13)20(24)22-16-7-4-14(5-8-16)10-11-23(2)3/h4-9,12H,10-11H2,1-3H3,(H,22,24). The van der Waals surface area contributed by atoms with Gasteiger partial charge in [0.2, 0.25) is 0 Å². The van der Waals surface area contributed by atoms with E-state index in [0.29, 0.717) is 11.3 Å². The number of aryl methyl sites for hydroxylation is 1. The van der Waals surface area contributed by atoms with Crippen molar-refractivity contribution in [2.24, 2.45) is 0 Å². The summed E-state index contributed by atoms with van der Waals surface area (Å²) >= 11 is 3.45. The summed E-state index contributed by atoms with van der Waals surface area (Å²) in [7, 11) is 4.12. The SMILES string of the molecule is Cc1c(C(=O)Nc2ccc(CCN(C)C)cc2)oc2ccc(Br)cc12. The van der Waals surface area contributed by atoms with Gasteiger partial charge < -0.3 is 14.6 Å². The molecule has 25 heavy (non-hydrogen) atoms. The zero-order valence-electron chi connectivity index (χ0n) is 14.6. The fourth-order valence-electron chi connectivity index (χ4n) is 2.71. The molecule has 4 nitrogen and oxygen atoms in total. The second-order valence-corrected chi connectivity index (χ2v) is 7.32. The molecule has 0 spiro atoms. The molecule has 130 valence electrons. The Morgan fingerprint density at radius 1 is 1.16 bits per heavy atom. The zero-order valence-corrected chi connectivity index (χ0v) is 16.2. The fraction of sp³-hybridized carbons (Fsp3) is 0.250. The van der Waals surface area contributed by atoms with Crippen LogP contribution < -0.4 is 5.32 Å². The van der Waals surface area contributed by atoms with Crippen molar-refractivity contribution in [1.29, 1.82) is 0 Å². The molecule has 0 fully saturated rings. The number of carbonyl (C=O) groups is 1. The van der Waals surface area contributed by atoms with E-state index in [0.717, 1.165) is 34.1 Å². The Morgan fingerprint density at radius 2 is 1.88 bits per heavy atom. The van der Waals surface area contributed by atoms with E-state index < -0.39 is 0 Å². The molecule has 1 heterocycles. The molecule has 0 bridgehead atoms. The molecule has 0 saturated carbocycles. The molecule has 5 heteroatoms. The van der Waals surface area contributed by atoms with E-state index in [2.05, 4.69) is 40.2 Å². The minimum absolute atomic E-state index is 0.231. The van der Waals surface area contributed by atoms with Crippen molar-refractivity contribution in [2.45, 2.75) is 13.3 Å². The third-order valence-corrected chi connectivity index (χ3v) is 4.66. The number of benzene rings is 2. The van der Waals surface area contributed by atoms with Gasteiger partial charge in [0.15, 0.2) is 5.76 Å². The Bertz CT molecular complexity index is 898. The molecule has 3 rings (SSSR count). The molecule has 0 aliphatic rings. The normalized spacial score (nSPS) is 11.2. The number of carbonyl (C=O) groups excluding carboxylic acids is 1. The maximum Gasteiger partial charge on any atom is 0.291 e. The smallest absolute Gasteiger partial charge is 0.291 e. The van der Waals surface area contributed by atoms with E-state index in [1.165, 1.54) is 5.56 Å². The van der Waals surface area contributed by atoms with Crippen LogP contribution in [0.1, 0.15) is 21.7 Å². The van der Waals surface area contributed by atoms with Crippen LogP contribution in [-0.4, -0.2) is 31.4 Å². The molecule has 0 atom stereocenters. The number of likely N-dealkylation sites (N-methyl/N-ethyl adjacent to an activating group) is 1. The van der Waals surface area contributed by atoms with Crippen molar-refractivity contribution in [3.63, 3.8) is 0 Å². The van der Waals surface area contributed by atoms with E-state index in [9.17, 15) is 4.79 Å². The highest BCUT2D eigenvalue weighted by Gasteiger charge is 2.18. The summed E-state index contributed by atoms with van der Waals surface area (Å²) in [6.07, 6.45) is 0.985. The van der Waals surface area contributed by atoms with Crippen LogP contribution in [0.4, 0.5) is 5.69 Å². The first kappa shape index (κ1) is 17.7. The van der Waals surface area contributed by atoms with Gasteiger partial charge in [-0.1, -0.05) is 28.1 Å². The molecule has 0 unspecified atom stereocenters. The lowest BCUT2D eigenvalue weighted by Gasteiger charge is -2.10. The number of hydrogen-bond acceptors (Lipinski definition) is 3. The second-order valence-electron chi connectivity index (χ2n) is 6.40. The van der Waals surface area contributed by atoms with Crippen LogP contribution >= 0.6 is 15.9 Å². The van der Waals surface area contributed by atoms with Crippen molar-refractivity contribution in [3.05, 3.63) is 63.8 Å². The Kier molecular flexibility index (Phi) is 5.25. The van der Waals surface area contributed by atoms with Crippen LogP contribution in [0.15, 0.2) is 51.4 Å². The highest BCUT2D eigenvalue weighted by molar-refractivity contribution is 9.10. The molecule has 2 aromatic carbocycles. The molecule has 0 saturated heterocycles. The van der Waals surface area contributed by atoms with Crippen LogP contribution in [-0.2, 0) is 6.42 Å². The monoisotopic (exact) mass is 400 g/mol. The summed E-state index contributed by atoms with van der Waals surface area (Å²) in [5.74, 6) is 0.121. The van der Waals surface area contributed by atoms with Crippen molar-refractivity contribution in [2.75, 3.05) is 26.0 Å². The van der Waals surface area contributed by atoms with Crippen LogP contribution in [0.3, 0.4) is 0 Å². The molecule has 1 aromatic heterocycles. The van der Waals surface area contributed by atoms with Gasteiger partial charge in [0, 0.05) is 27.7 Å². The average molecular weight is 401 g/mol. The number of nitrogens with one attached hydrogen (secondary N) is 1.